The molecule has 0 radical (unpaired) electrons. The van der Waals surface area contributed by atoms with Crippen molar-refractivity contribution >= 4 is 28.7 Å². The Labute approximate surface area is 224 Å². The number of carbonyl (C=O) groups excluding carboxylic acids is 1. The van der Waals surface area contributed by atoms with Crippen LogP contribution in [0.25, 0.3) is 17.1 Å². The predicted molar refractivity (Wildman–Crippen MR) is 153 cm³/mol. The highest BCUT2D eigenvalue weighted by atomic mass is 16.5. The second-order valence-corrected chi connectivity index (χ2v) is 9.90. The van der Waals surface area contributed by atoms with E-state index in [4.69, 9.17) is 14.5 Å². The Balaban J connectivity index is 1.32. The highest BCUT2D eigenvalue weighted by Gasteiger charge is 2.34. The van der Waals surface area contributed by atoms with E-state index in [1.807, 2.05) is 66.4 Å². The molecule has 0 saturated carbocycles. The van der Waals surface area contributed by atoms with E-state index in [1.165, 1.54) is 11.1 Å². The van der Waals surface area contributed by atoms with E-state index in [9.17, 15) is 4.79 Å². The lowest BCUT2D eigenvalue weighted by Gasteiger charge is -2.18. The summed E-state index contributed by atoms with van der Waals surface area (Å²) >= 11 is 0. The Morgan fingerprint density at radius 1 is 1.03 bits per heavy atom. The molecule has 1 atom stereocenters. The molecule has 38 heavy (non-hydrogen) atoms. The summed E-state index contributed by atoms with van der Waals surface area (Å²) in [6.07, 6.45) is 5.30. The number of benzene rings is 3. The number of carbonyl (C=O) groups is 1. The topological polar surface area (TPSA) is 56.6 Å². The van der Waals surface area contributed by atoms with Crippen LogP contribution in [0.15, 0.2) is 66.7 Å². The average molecular weight is 510 g/mol. The predicted octanol–water partition coefficient (Wildman–Crippen LogP) is 6.68. The summed E-state index contributed by atoms with van der Waals surface area (Å²) in [6, 6.07) is 20.4. The molecule has 1 aliphatic heterocycles. The quantitative estimate of drug-likeness (QED) is 0.236. The van der Waals surface area contributed by atoms with Crippen LogP contribution in [0.1, 0.15) is 48.2 Å². The van der Waals surface area contributed by atoms with E-state index in [-0.39, 0.29) is 11.8 Å². The first kappa shape index (κ1) is 25.6. The Kier molecular flexibility index (Phi) is 7.50. The third kappa shape index (κ3) is 5.17. The number of nitrogens with zero attached hydrogens (tertiary/aromatic N) is 3. The Bertz CT molecular complexity index is 1490. The summed E-state index contributed by atoms with van der Waals surface area (Å²) in [5.74, 6) is 2.62. The maximum absolute atomic E-state index is 13.1. The molecule has 6 heteroatoms. The molecule has 4 aromatic rings. The van der Waals surface area contributed by atoms with E-state index >= 15 is 0 Å². The molecule has 1 amide bonds. The first-order chi connectivity index (χ1) is 18.5. The fourth-order valence-electron chi connectivity index (χ4n) is 5.17. The third-order valence-corrected chi connectivity index (χ3v) is 7.31. The summed E-state index contributed by atoms with van der Waals surface area (Å²) in [4.78, 5) is 20.0. The summed E-state index contributed by atoms with van der Waals surface area (Å²) in [6.45, 7) is 8.11. The van der Waals surface area contributed by atoms with E-state index in [0.29, 0.717) is 19.6 Å². The Morgan fingerprint density at radius 3 is 2.66 bits per heavy atom. The number of imidazole rings is 1. The molecular formula is C32H35N3O3. The zero-order valence-electron chi connectivity index (χ0n) is 22.6. The number of rotatable bonds is 9. The van der Waals surface area contributed by atoms with Crippen LogP contribution >= 0.6 is 0 Å². The second-order valence-electron chi connectivity index (χ2n) is 9.90. The molecule has 196 valence electrons. The molecule has 1 aromatic heterocycles. The van der Waals surface area contributed by atoms with Gasteiger partial charge in [-0.1, -0.05) is 36.4 Å². The molecule has 1 fully saturated rings. The molecule has 0 bridgehead atoms. The number of para-hydroxylation sites is 2. The first-order valence-corrected chi connectivity index (χ1v) is 13.2. The summed E-state index contributed by atoms with van der Waals surface area (Å²) in [7, 11) is 1.66. The zero-order chi connectivity index (χ0) is 26.6. The Hall–Kier alpha value is -4.06. The number of aryl methyl sites for hydroxylation is 3. The van der Waals surface area contributed by atoms with Gasteiger partial charge in [-0.3, -0.25) is 4.79 Å². The van der Waals surface area contributed by atoms with Gasteiger partial charge in [0, 0.05) is 31.1 Å². The van der Waals surface area contributed by atoms with Crippen LogP contribution in [0.2, 0.25) is 0 Å². The third-order valence-electron chi connectivity index (χ3n) is 7.31. The van der Waals surface area contributed by atoms with Gasteiger partial charge in [-0.2, -0.15) is 0 Å². The van der Waals surface area contributed by atoms with Gasteiger partial charge in [-0.15, -0.1) is 0 Å². The Morgan fingerprint density at radius 2 is 1.87 bits per heavy atom. The van der Waals surface area contributed by atoms with E-state index in [1.54, 1.807) is 7.11 Å². The van der Waals surface area contributed by atoms with E-state index in [2.05, 4.69) is 36.6 Å². The molecule has 1 aliphatic rings. The first-order valence-electron chi connectivity index (χ1n) is 13.2. The molecular weight excluding hydrogens is 474 g/mol. The van der Waals surface area contributed by atoms with Gasteiger partial charge in [-0.05, 0) is 80.3 Å². The number of anilines is 1. The van der Waals surface area contributed by atoms with Crippen molar-refractivity contribution in [2.24, 2.45) is 0 Å². The van der Waals surface area contributed by atoms with Gasteiger partial charge in [0.2, 0.25) is 5.91 Å². The van der Waals surface area contributed by atoms with Crippen LogP contribution < -0.4 is 14.4 Å². The van der Waals surface area contributed by atoms with Gasteiger partial charge in [0.1, 0.15) is 5.82 Å². The second kappa shape index (κ2) is 11.1. The van der Waals surface area contributed by atoms with Crippen LogP contribution in [0.4, 0.5) is 5.69 Å². The number of amides is 1. The minimum Gasteiger partial charge on any atom is -0.493 e. The molecule has 0 aliphatic carbocycles. The molecule has 3 aromatic carbocycles. The van der Waals surface area contributed by atoms with Gasteiger partial charge in [0.05, 0.1) is 24.8 Å². The number of hydrogen-bond acceptors (Lipinski definition) is 4. The fourth-order valence-corrected chi connectivity index (χ4v) is 5.17. The van der Waals surface area contributed by atoms with Crippen LogP contribution in [0, 0.1) is 13.8 Å². The van der Waals surface area contributed by atoms with E-state index in [0.717, 1.165) is 52.6 Å². The maximum atomic E-state index is 13.1. The number of ether oxygens (including phenoxy) is 2. The standard InChI is InChI=1S/C32H35N3O3/c1-5-9-24-13-15-29(30(19-24)37-4)38-17-8-16-34-28-11-7-6-10-27(28)33-32(34)25-20-31(36)35(21-25)26-14-12-22(2)23(3)18-26/h5-7,9-15,18-19,25H,8,16-17,20-21H2,1-4H3/b9-5+. The van der Waals surface area contributed by atoms with Crippen molar-refractivity contribution in [3.8, 4) is 11.5 Å². The maximum Gasteiger partial charge on any atom is 0.227 e. The largest absolute Gasteiger partial charge is 0.493 e. The van der Waals surface area contributed by atoms with Crippen LogP contribution in [-0.4, -0.2) is 35.7 Å². The normalized spacial score (nSPS) is 15.6. The molecule has 0 N–H and O–H groups in total. The van der Waals surface area contributed by atoms with Crippen molar-refractivity contribution in [1.29, 1.82) is 0 Å². The number of methoxy groups -OCH3 is 1. The van der Waals surface area contributed by atoms with Crippen LogP contribution in [0.5, 0.6) is 11.5 Å². The average Bonchev–Trinajstić information content (AvgIpc) is 3.49. The lowest BCUT2D eigenvalue weighted by molar-refractivity contribution is -0.117. The lowest BCUT2D eigenvalue weighted by atomic mass is 10.1. The van der Waals surface area contributed by atoms with Crippen molar-refractivity contribution < 1.29 is 14.3 Å². The highest BCUT2D eigenvalue weighted by Crippen LogP contribution is 2.34. The van der Waals surface area contributed by atoms with Gasteiger partial charge < -0.3 is 18.9 Å². The number of fused-ring (bicyclic) bond motifs is 1. The summed E-state index contributed by atoms with van der Waals surface area (Å²) in [5.41, 5.74) is 6.51. The van der Waals surface area contributed by atoms with Crippen molar-refractivity contribution in [2.75, 3.05) is 25.2 Å². The van der Waals surface area contributed by atoms with Crippen LogP contribution in [0.3, 0.4) is 0 Å². The number of hydrogen-bond donors (Lipinski definition) is 0. The monoisotopic (exact) mass is 509 g/mol. The number of aromatic nitrogens is 2. The number of allylic oxidation sites excluding steroid dienone is 1. The highest BCUT2D eigenvalue weighted by molar-refractivity contribution is 5.96. The lowest BCUT2D eigenvalue weighted by Crippen LogP contribution is -2.24. The molecule has 1 unspecified atom stereocenters. The summed E-state index contributed by atoms with van der Waals surface area (Å²) in [5, 5.41) is 0. The van der Waals surface area contributed by atoms with Gasteiger partial charge in [-0.25, -0.2) is 4.98 Å². The zero-order valence-corrected chi connectivity index (χ0v) is 22.6. The van der Waals surface area contributed by atoms with Crippen LogP contribution in [-0.2, 0) is 11.3 Å². The van der Waals surface area contributed by atoms with E-state index < -0.39 is 0 Å². The van der Waals surface area contributed by atoms with Crippen molar-refractivity contribution in [2.45, 2.75) is 46.1 Å². The summed E-state index contributed by atoms with van der Waals surface area (Å²) < 4.78 is 13.9. The van der Waals surface area contributed by atoms with Gasteiger partial charge in [0.15, 0.2) is 11.5 Å². The molecule has 2 heterocycles. The van der Waals surface area contributed by atoms with Crippen molar-refractivity contribution in [1.82, 2.24) is 9.55 Å². The molecule has 6 nitrogen and oxygen atoms in total. The van der Waals surface area contributed by atoms with Crippen molar-refractivity contribution in [3.63, 3.8) is 0 Å². The van der Waals surface area contributed by atoms with Gasteiger partial charge in [0.25, 0.3) is 0 Å². The van der Waals surface area contributed by atoms with Gasteiger partial charge >= 0.3 is 0 Å². The SMILES string of the molecule is C/C=C/c1ccc(OCCCn2c(C3CC(=O)N(c4ccc(C)c(C)c4)C3)nc3ccccc32)c(OC)c1. The fraction of sp³-hybridized carbons (Fsp3) is 0.312. The molecule has 5 rings (SSSR count). The molecule has 0 spiro atoms. The smallest absolute Gasteiger partial charge is 0.227 e. The van der Waals surface area contributed by atoms with Crippen molar-refractivity contribution in [3.05, 3.63) is 89.3 Å². The minimum absolute atomic E-state index is 0.0386. The minimum atomic E-state index is 0.0386. The molecule has 1 saturated heterocycles.